The zero-order chi connectivity index (χ0) is 13.1. The summed E-state index contributed by atoms with van der Waals surface area (Å²) in [5.74, 6) is 1.55. The molecule has 2 aromatic heterocycles. The molecule has 100 valence electrons. The minimum Gasteiger partial charge on any atom is -0.393 e. The second-order valence-electron chi connectivity index (χ2n) is 4.81. The van der Waals surface area contributed by atoms with Gasteiger partial charge in [-0.1, -0.05) is 12.8 Å². The van der Waals surface area contributed by atoms with Crippen molar-refractivity contribution in [2.24, 2.45) is 0 Å². The van der Waals surface area contributed by atoms with Crippen molar-refractivity contribution < 1.29 is 0 Å². The van der Waals surface area contributed by atoms with E-state index < -0.39 is 0 Å². The number of nitrogens with zero attached hydrogens (tertiary/aromatic N) is 5. The Balaban J connectivity index is 1.95. The van der Waals surface area contributed by atoms with Gasteiger partial charge in [-0.05, 0) is 12.8 Å². The molecule has 0 unspecified atom stereocenters. The van der Waals surface area contributed by atoms with Crippen molar-refractivity contribution in [3.63, 3.8) is 0 Å². The Kier molecular flexibility index (Phi) is 3.31. The maximum atomic E-state index is 6.24. The highest BCUT2D eigenvalue weighted by Crippen LogP contribution is 2.26. The van der Waals surface area contributed by atoms with Crippen molar-refractivity contribution in [2.45, 2.75) is 25.7 Å². The zero-order valence-electron chi connectivity index (χ0n) is 10.9. The second kappa shape index (κ2) is 5.26. The fourth-order valence-electron chi connectivity index (χ4n) is 2.50. The standard InChI is InChI=1S/C13H18N6/c14-11-12(18-6-3-1-2-4-7-18)16-9-17-13(11)19-8-5-15-10-19/h5,8-10H,1-4,6-7,14H2. The zero-order valence-corrected chi connectivity index (χ0v) is 10.9. The van der Waals surface area contributed by atoms with Crippen LogP contribution in [0.3, 0.4) is 0 Å². The van der Waals surface area contributed by atoms with Crippen LogP contribution in [-0.2, 0) is 0 Å². The summed E-state index contributed by atoms with van der Waals surface area (Å²) in [6, 6.07) is 0. The van der Waals surface area contributed by atoms with Crippen molar-refractivity contribution in [1.82, 2.24) is 19.5 Å². The van der Waals surface area contributed by atoms with Crippen LogP contribution in [0.4, 0.5) is 11.5 Å². The molecule has 0 aliphatic carbocycles. The molecule has 3 heterocycles. The molecule has 0 aromatic carbocycles. The summed E-state index contributed by atoms with van der Waals surface area (Å²) in [4.78, 5) is 14.9. The molecule has 2 aromatic rings. The lowest BCUT2D eigenvalue weighted by Crippen LogP contribution is -2.26. The summed E-state index contributed by atoms with van der Waals surface area (Å²) in [5, 5.41) is 0. The molecule has 0 amide bonds. The molecule has 0 radical (unpaired) electrons. The highest BCUT2D eigenvalue weighted by atomic mass is 15.2. The van der Waals surface area contributed by atoms with Crippen LogP contribution in [0.25, 0.3) is 5.82 Å². The Morgan fingerprint density at radius 1 is 1.00 bits per heavy atom. The average molecular weight is 258 g/mol. The summed E-state index contributed by atoms with van der Waals surface area (Å²) in [6.07, 6.45) is 11.8. The van der Waals surface area contributed by atoms with Gasteiger partial charge in [-0.3, -0.25) is 4.57 Å². The molecule has 1 fully saturated rings. The van der Waals surface area contributed by atoms with E-state index >= 15 is 0 Å². The number of anilines is 2. The second-order valence-corrected chi connectivity index (χ2v) is 4.81. The first-order valence-electron chi connectivity index (χ1n) is 6.70. The third-order valence-corrected chi connectivity index (χ3v) is 3.50. The minimum absolute atomic E-state index is 0.627. The van der Waals surface area contributed by atoms with Gasteiger partial charge in [0.1, 0.15) is 18.3 Å². The highest BCUT2D eigenvalue weighted by Gasteiger charge is 2.17. The Morgan fingerprint density at radius 3 is 2.42 bits per heavy atom. The van der Waals surface area contributed by atoms with Gasteiger partial charge in [-0.15, -0.1) is 0 Å². The maximum absolute atomic E-state index is 6.24. The van der Waals surface area contributed by atoms with E-state index in [9.17, 15) is 0 Å². The number of hydrogen-bond donors (Lipinski definition) is 1. The van der Waals surface area contributed by atoms with Gasteiger partial charge >= 0.3 is 0 Å². The molecule has 2 N–H and O–H groups in total. The van der Waals surface area contributed by atoms with Gasteiger partial charge in [-0.2, -0.15) is 0 Å². The summed E-state index contributed by atoms with van der Waals surface area (Å²) >= 11 is 0. The molecule has 6 heteroatoms. The number of imidazole rings is 1. The van der Waals surface area contributed by atoms with E-state index in [-0.39, 0.29) is 0 Å². The molecule has 0 spiro atoms. The molecular formula is C13H18N6. The SMILES string of the molecule is Nc1c(N2CCCCCC2)ncnc1-n1ccnc1. The summed E-state index contributed by atoms with van der Waals surface area (Å²) < 4.78 is 1.82. The van der Waals surface area contributed by atoms with E-state index in [2.05, 4.69) is 19.9 Å². The quantitative estimate of drug-likeness (QED) is 0.886. The van der Waals surface area contributed by atoms with Crippen molar-refractivity contribution in [3.05, 3.63) is 25.0 Å². The molecule has 1 aliphatic heterocycles. The van der Waals surface area contributed by atoms with E-state index in [4.69, 9.17) is 5.73 Å². The monoisotopic (exact) mass is 258 g/mol. The number of aromatic nitrogens is 4. The lowest BCUT2D eigenvalue weighted by atomic mass is 10.2. The first-order chi connectivity index (χ1) is 9.36. The van der Waals surface area contributed by atoms with Gasteiger partial charge in [0.2, 0.25) is 0 Å². The lowest BCUT2D eigenvalue weighted by molar-refractivity contribution is 0.726. The predicted molar refractivity (Wildman–Crippen MR) is 74.2 cm³/mol. The molecule has 0 bridgehead atoms. The summed E-state index contributed by atoms with van der Waals surface area (Å²) in [7, 11) is 0. The first-order valence-corrected chi connectivity index (χ1v) is 6.70. The molecule has 0 saturated carbocycles. The maximum Gasteiger partial charge on any atom is 0.166 e. The number of nitrogen functional groups attached to an aromatic ring is 1. The highest BCUT2D eigenvalue weighted by molar-refractivity contribution is 5.70. The van der Waals surface area contributed by atoms with Gasteiger partial charge in [0, 0.05) is 25.5 Å². The third-order valence-electron chi connectivity index (χ3n) is 3.50. The van der Waals surface area contributed by atoms with E-state index in [1.165, 1.54) is 25.7 Å². The minimum atomic E-state index is 0.627. The lowest BCUT2D eigenvalue weighted by Gasteiger charge is -2.23. The van der Waals surface area contributed by atoms with Crippen LogP contribution in [0, 0.1) is 0 Å². The van der Waals surface area contributed by atoms with Crippen molar-refractivity contribution in [2.75, 3.05) is 23.7 Å². The topological polar surface area (TPSA) is 72.9 Å². The van der Waals surface area contributed by atoms with Crippen LogP contribution in [0.15, 0.2) is 25.0 Å². The smallest absolute Gasteiger partial charge is 0.166 e. The summed E-state index contributed by atoms with van der Waals surface area (Å²) in [5.41, 5.74) is 6.87. The number of nitrogens with two attached hydrogens (primary N) is 1. The average Bonchev–Trinajstić information content (AvgIpc) is 2.82. The number of rotatable bonds is 2. The van der Waals surface area contributed by atoms with E-state index in [0.29, 0.717) is 11.5 Å². The van der Waals surface area contributed by atoms with Crippen molar-refractivity contribution in [3.8, 4) is 5.82 Å². The largest absolute Gasteiger partial charge is 0.393 e. The molecule has 6 nitrogen and oxygen atoms in total. The Hall–Kier alpha value is -2.11. The molecule has 3 rings (SSSR count). The number of hydrogen-bond acceptors (Lipinski definition) is 5. The first kappa shape index (κ1) is 12.0. The Bertz CT molecular complexity index is 528. The van der Waals surface area contributed by atoms with Crippen LogP contribution in [0.1, 0.15) is 25.7 Å². The Labute approximate surface area is 112 Å². The van der Waals surface area contributed by atoms with Crippen molar-refractivity contribution >= 4 is 11.5 Å². The molecule has 1 saturated heterocycles. The molecule has 0 atom stereocenters. The summed E-state index contributed by atoms with van der Waals surface area (Å²) in [6.45, 7) is 2.04. The van der Waals surface area contributed by atoms with E-state index in [1.807, 2.05) is 10.8 Å². The van der Waals surface area contributed by atoms with Crippen LogP contribution < -0.4 is 10.6 Å². The molecule has 19 heavy (non-hydrogen) atoms. The normalized spacial score (nSPS) is 16.3. The van der Waals surface area contributed by atoms with Gasteiger partial charge in [0.15, 0.2) is 11.6 Å². The molecular weight excluding hydrogens is 240 g/mol. The Morgan fingerprint density at radius 2 is 1.74 bits per heavy atom. The fourth-order valence-corrected chi connectivity index (χ4v) is 2.50. The van der Waals surface area contributed by atoms with Crippen LogP contribution >= 0.6 is 0 Å². The van der Waals surface area contributed by atoms with Gasteiger partial charge in [0.25, 0.3) is 0 Å². The van der Waals surface area contributed by atoms with Gasteiger partial charge in [-0.25, -0.2) is 15.0 Å². The third kappa shape index (κ3) is 2.38. The van der Waals surface area contributed by atoms with Crippen molar-refractivity contribution in [1.29, 1.82) is 0 Å². The van der Waals surface area contributed by atoms with Gasteiger partial charge in [0.05, 0.1) is 0 Å². The molecule has 1 aliphatic rings. The van der Waals surface area contributed by atoms with Gasteiger partial charge < -0.3 is 10.6 Å². The van der Waals surface area contributed by atoms with E-state index in [1.54, 1.807) is 18.9 Å². The van der Waals surface area contributed by atoms with E-state index in [0.717, 1.165) is 18.9 Å². The van der Waals surface area contributed by atoms with Crippen LogP contribution in [0.5, 0.6) is 0 Å². The van der Waals surface area contributed by atoms with Crippen LogP contribution in [-0.4, -0.2) is 32.6 Å². The van der Waals surface area contributed by atoms with Crippen LogP contribution in [0.2, 0.25) is 0 Å². The predicted octanol–water partition coefficient (Wildman–Crippen LogP) is 1.62. The fraction of sp³-hybridized carbons (Fsp3) is 0.462.